The van der Waals surface area contributed by atoms with Crippen LogP contribution in [0.4, 0.5) is 0 Å². The standard InChI is InChI=1S/C15H21NOS/c1-11-12-8-6-7-9-13(12)17-14(11)10-16(5)18-15(2,3)4/h6-9H,10H2,1-5H3. The normalized spacial score (nSPS) is 12.6. The van der Waals surface area contributed by atoms with Crippen LogP contribution in [0.5, 0.6) is 0 Å². The molecule has 0 unspecified atom stereocenters. The quantitative estimate of drug-likeness (QED) is 0.752. The molecule has 1 aromatic heterocycles. The Balaban J connectivity index is 2.19. The predicted molar refractivity (Wildman–Crippen MR) is 79.8 cm³/mol. The van der Waals surface area contributed by atoms with E-state index >= 15 is 0 Å². The number of para-hydroxylation sites is 1. The smallest absolute Gasteiger partial charge is 0.134 e. The molecule has 2 aromatic rings. The van der Waals surface area contributed by atoms with Crippen LogP contribution in [0.15, 0.2) is 28.7 Å². The van der Waals surface area contributed by atoms with Crippen molar-refractivity contribution in [2.75, 3.05) is 7.05 Å². The maximum Gasteiger partial charge on any atom is 0.134 e. The second-order valence-electron chi connectivity index (χ2n) is 5.64. The first kappa shape index (κ1) is 13.5. The van der Waals surface area contributed by atoms with E-state index in [0.717, 1.165) is 17.9 Å². The van der Waals surface area contributed by atoms with Gasteiger partial charge in [0, 0.05) is 10.1 Å². The molecule has 0 fully saturated rings. The van der Waals surface area contributed by atoms with Gasteiger partial charge in [-0.15, -0.1) is 0 Å². The molecule has 0 N–H and O–H groups in total. The Bertz CT molecular complexity index is 539. The Morgan fingerprint density at radius 1 is 1.22 bits per heavy atom. The SMILES string of the molecule is Cc1c(CN(C)SC(C)(C)C)oc2ccccc12. The van der Waals surface area contributed by atoms with E-state index in [1.807, 2.05) is 24.1 Å². The minimum absolute atomic E-state index is 0.231. The Kier molecular flexibility index (Phi) is 3.74. The fraction of sp³-hybridized carbons (Fsp3) is 0.467. The van der Waals surface area contributed by atoms with Crippen LogP contribution < -0.4 is 0 Å². The molecule has 0 spiro atoms. The molecule has 0 aliphatic rings. The number of rotatable bonds is 3. The average molecular weight is 263 g/mol. The van der Waals surface area contributed by atoms with E-state index in [-0.39, 0.29) is 4.75 Å². The van der Waals surface area contributed by atoms with Crippen molar-refractivity contribution in [1.82, 2.24) is 4.31 Å². The maximum absolute atomic E-state index is 5.93. The molecule has 0 saturated carbocycles. The number of hydrogen-bond donors (Lipinski definition) is 0. The van der Waals surface area contributed by atoms with Crippen molar-refractivity contribution in [3.05, 3.63) is 35.6 Å². The zero-order valence-electron chi connectivity index (χ0n) is 11.8. The number of benzene rings is 1. The summed E-state index contributed by atoms with van der Waals surface area (Å²) in [6, 6.07) is 8.22. The summed E-state index contributed by atoms with van der Waals surface area (Å²) in [5.41, 5.74) is 2.24. The third kappa shape index (κ3) is 3.09. The monoisotopic (exact) mass is 263 g/mol. The molecule has 3 heteroatoms. The molecule has 0 atom stereocenters. The topological polar surface area (TPSA) is 16.4 Å². The molecule has 18 heavy (non-hydrogen) atoms. The molecule has 0 aliphatic carbocycles. The van der Waals surface area contributed by atoms with E-state index < -0.39 is 0 Å². The number of nitrogens with zero attached hydrogens (tertiary/aromatic N) is 1. The molecule has 0 amide bonds. The van der Waals surface area contributed by atoms with Gasteiger partial charge >= 0.3 is 0 Å². The fourth-order valence-electron chi connectivity index (χ4n) is 2.08. The lowest BCUT2D eigenvalue weighted by atomic mass is 10.1. The van der Waals surface area contributed by atoms with Crippen LogP contribution in [-0.4, -0.2) is 16.1 Å². The maximum atomic E-state index is 5.93. The van der Waals surface area contributed by atoms with Crippen LogP contribution >= 0.6 is 11.9 Å². The molecule has 98 valence electrons. The van der Waals surface area contributed by atoms with Gasteiger partial charge in [0.2, 0.25) is 0 Å². The highest BCUT2D eigenvalue weighted by Crippen LogP contribution is 2.30. The van der Waals surface area contributed by atoms with Crippen LogP contribution in [0.25, 0.3) is 11.0 Å². The van der Waals surface area contributed by atoms with Crippen molar-refractivity contribution in [3.63, 3.8) is 0 Å². The number of hydrogen-bond acceptors (Lipinski definition) is 3. The van der Waals surface area contributed by atoms with Gasteiger partial charge in [0.05, 0.1) is 6.54 Å². The van der Waals surface area contributed by atoms with Gasteiger partial charge in [-0.1, -0.05) is 30.1 Å². The van der Waals surface area contributed by atoms with Crippen molar-refractivity contribution in [2.24, 2.45) is 0 Å². The van der Waals surface area contributed by atoms with Crippen LogP contribution in [0, 0.1) is 6.92 Å². The van der Waals surface area contributed by atoms with Gasteiger partial charge in [0.25, 0.3) is 0 Å². The highest BCUT2D eigenvalue weighted by atomic mass is 32.2. The number of fused-ring (bicyclic) bond motifs is 1. The first-order valence-corrected chi connectivity index (χ1v) is 7.01. The van der Waals surface area contributed by atoms with Gasteiger partial charge < -0.3 is 4.42 Å². The molecule has 2 nitrogen and oxygen atoms in total. The Labute approximate surface area is 113 Å². The highest BCUT2D eigenvalue weighted by Gasteiger charge is 2.17. The van der Waals surface area contributed by atoms with Crippen molar-refractivity contribution in [3.8, 4) is 0 Å². The Morgan fingerprint density at radius 2 is 1.89 bits per heavy atom. The lowest BCUT2D eigenvalue weighted by Crippen LogP contribution is -2.19. The summed E-state index contributed by atoms with van der Waals surface area (Å²) in [6.45, 7) is 9.64. The molecule has 0 aliphatic heterocycles. The number of aryl methyl sites for hydroxylation is 1. The van der Waals surface area contributed by atoms with E-state index in [1.54, 1.807) is 0 Å². The first-order chi connectivity index (χ1) is 8.37. The van der Waals surface area contributed by atoms with Crippen LogP contribution in [-0.2, 0) is 6.54 Å². The van der Waals surface area contributed by atoms with E-state index in [4.69, 9.17) is 4.42 Å². The van der Waals surface area contributed by atoms with Gasteiger partial charge in [-0.3, -0.25) is 0 Å². The molecule has 0 radical (unpaired) electrons. The Morgan fingerprint density at radius 3 is 2.50 bits per heavy atom. The molecule has 0 bridgehead atoms. The van der Waals surface area contributed by atoms with Gasteiger partial charge in [0.15, 0.2) is 0 Å². The summed E-state index contributed by atoms with van der Waals surface area (Å²) >= 11 is 1.84. The average Bonchev–Trinajstić information content (AvgIpc) is 2.54. The second kappa shape index (κ2) is 4.98. The summed E-state index contributed by atoms with van der Waals surface area (Å²) in [6.07, 6.45) is 0. The summed E-state index contributed by atoms with van der Waals surface area (Å²) in [4.78, 5) is 0. The largest absolute Gasteiger partial charge is 0.459 e. The third-order valence-corrected chi connectivity index (χ3v) is 3.73. The molecular formula is C15H21NOS. The van der Waals surface area contributed by atoms with Crippen LogP contribution in [0.1, 0.15) is 32.1 Å². The fourth-order valence-corrected chi connectivity index (χ4v) is 3.19. The molecular weight excluding hydrogens is 242 g/mol. The highest BCUT2D eigenvalue weighted by molar-refractivity contribution is 7.98. The van der Waals surface area contributed by atoms with E-state index in [2.05, 4.69) is 51.2 Å². The number of furan rings is 1. The van der Waals surface area contributed by atoms with E-state index in [0.29, 0.717) is 0 Å². The summed E-state index contributed by atoms with van der Waals surface area (Å²) in [5.74, 6) is 1.07. The van der Waals surface area contributed by atoms with Crippen LogP contribution in [0.2, 0.25) is 0 Å². The van der Waals surface area contributed by atoms with E-state index in [9.17, 15) is 0 Å². The second-order valence-corrected chi connectivity index (χ2v) is 7.67. The minimum atomic E-state index is 0.231. The Hall–Kier alpha value is -0.930. The van der Waals surface area contributed by atoms with Crippen LogP contribution in [0.3, 0.4) is 0 Å². The zero-order chi connectivity index (χ0) is 13.3. The van der Waals surface area contributed by atoms with Gasteiger partial charge in [0.1, 0.15) is 11.3 Å². The van der Waals surface area contributed by atoms with Crippen molar-refractivity contribution in [1.29, 1.82) is 0 Å². The van der Waals surface area contributed by atoms with E-state index in [1.165, 1.54) is 10.9 Å². The lowest BCUT2D eigenvalue weighted by molar-refractivity contribution is 0.451. The van der Waals surface area contributed by atoms with Crippen molar-refractivity contribution < 1.29 is 4.42 Å². The summed E-state index contributed by atoms with van der Waals surface area (Å²) in [7, 11) is 2.11. The minimum Gasteiger partial charge on any atom is -0.459 e. The van der Waals surface area contributed by atoms with Gasteiger partial charge in [-0.25, -0.2) is 4.31 Å². The van der Waals surface area contributed by atoms with Crippen molar-refractivity contribution in [2.45, 2.75) is 39.0 Å². The first-order valence-electron chi connectivity index (χ1n) is 6.24. The summed E-state index contributed by atoms with van der Waals surface area (Å²) < 4.78 is 8.40. The van der Waals surface area contributed by atoms with Gasteiger partial charge in [-0.05, 0) is 46.4 Å². The molecule has 1 aromatic carbocycles. The zero-order valence-corrected chi connectivity index (χ0v) is 12.6. The van der Waals surface area contributed by atoms with Gasteiger partial charge in [-0.2, -0.15) is 0 Å². The molecule has 2 rings (SSSR count). The van der Waals surface area contributed by atoms with Crippen molar-refractivity contribution >= 4 is 22.9 Å². The predicted octanol–water partition coefficient (Wildman–Crippen LogP) is 4.62. The lowest BCUT2D eigenvalue weighted by Gasteiger charge is -2.24. The molecule has 0 saturated heterocycles. The molecule has 1 heterocycles. The third-order valence-electron chi connectivity index (χ3n) is 2.74. The summed E-state index contributed by atoms with van der Waals surface area (Å²) in [5, 5.41) is 1.22.